The first-order valence-electron chi connectivity index (χ1n) is 4.62. The third kappa shape index (κ3) is 7.53. The molecule has 1 atom stereocenters. The average molecular weight is 185 g/mol. The Morgan fingerprint density at radius 2 is 2.15 bits per heavy atom. The third-order valence-electron chi connectivity index (χ3n) is 1.60. The lowest BCUT2D eigenvalue weighted by Crippen LogP contribution is -2.31. The first-order chi connectivity index (χ1) is 6.06. The van der Waals surface area contributed by atoms with Gasteiger partial charge in [-0.3, -0.25) is 4.79 Å². The van der Waals surface area contributed by atoms with Crippen molar-refractivity contribution in [3.8, 4) is 0 Å². The summed E-state index contributed by atoms with van der Waals surface area (Å²) in [6.45, 7) is 5.89. The molecule has 0 fully saturated rings. The van der Waals surface area contributed by atoms with Crippen molar-refractivity contribution in [2.75, 3.05) is 6.61 Å². The van der Waals surface area contributed by atoms with Gasteiger partial charge in [-0.25, -0.2) is 0 Å². The Morgan fingerprint density at radius 1 is 1.54 bits per heavy atom. The minimum absolute atomic E-state index is 0.0505. The van der Waals surface area contributed by atoms with Crippen LogP contribution < -0.4 is 5.32 Å². The molecular formula is C10H19NO2. The van der Waals surface area contributed by atoms with E-state index in [0.717, 1.165) is 18.4 Å². The molecule has 1 amide bonds. The van der Waals surface area contributed by atoms with E-state index in [0.29, 0.717) is 0 Å². The largest absolute Gasteiger partial charge is 0.396 e. The summed E-state index contributed by atoms with van der Waals surface area (Å²) in [6.07, 6.45) is 3.13. The van der Waals surface area contributed by atoms with Crippen LogP contribution in [0.1, 0.15) is 33.6 Å². The van der Waals surface area contributed by atoms with Gasteiger partial charge in [0.2, 0.25) is 5.91 Å². The fourth-order valence-corrected chi connectivity index (χ4v) is 1.02. The monoisotopic (exact) mass is 185 g/mol. The molecule has 0 spiro atoms. The summed E-state index contributed by atoms with van der Waals surface area (Å²) in [5.41, 5.74) is 0.992. The molecule has 0 aromatic carbocycles. The standard InChI is InChI=1S/C10H19NO2/c1-8(2)7-10(13)11-9(3)5-4-6-12/h7,9,12H,4-6H2,1-3H3,(H,11,13). The highest BCUT2D eigenvalue weighted by Crippen LogP contribution is 1.96. The zero-order valence-corrected chi connectivity index (χ0v) is 8.63. The second-order valence-electron chi connectivity index (χ2n) is 3.50. The van der Waals surface area contributed by atoms with Gasteiger partial charge < -0.3 is 10.4 Å². The Labute approximate surface area is 79.8 Å². The number of rotatable bonds is 5. The fraction of sp³-hybridized carbons (Fsp3) is 0.700. The second kappa shape index (κ2) is 6.66. The Hall–Kier alpha value is -0.830. The van der Waals surface area contributed by atoms with E-state index in [9.17, 15) is 4.79 Å². The molecule has 0 aliphatic carbocycles. The van der Waals surface area contributed by atoms with Crippen LogP contribution in [0.3, 0.4) is 0 Å². The highest BCUT2D eigenvalue weighted by atomic mass is 16.2. The van der Waals surface area contributed by atoms with Crippen LogP contribution in [0.25, 0.3) is 0 Å². The molecule has 0 bridgehead atoms. The second-order valence-corrected chi connectivity index (χ2v) is 3.50. The van der Waals surface area contributed by atoms with Gasteiger partial charge in [0.25, 0.3) is 0 Å². The van der Waals surface area contributed by atoms with Gasteiger partial charge in [0, 0.05) is 18.7 Å². The summed E-state index contributed by atoms with van der Waals surface area (Å²) in [7, 11) is 0. The highest BCUT2D eigenvalue weighted by molar-refractivity contribution is 5.88. The molecule has 0 heterocycles. The van der Waals surface area contributed by atoms with E-state index >= 15 is 0 Å². The molecule has 2 N–H and O–H groups in total. The molecule has 0 rings (SSSR count). The maximum atomic E-state index is 11.2. The third-order valence-corrected chi connectivity index (χ3v) is 1.60. The average Bonchev–Trinajstić information content (AvgIpc) is 1.98. The summed E-state index contributed by atoms with van der Waals surface area (Å²) in [4.78, 5) is 11.2. The topological polar surface area (TPSA) is 49.3 Å². The van der Waals surface area contributed by atoms with E-state index in [2.05, 4.69) is 5.32 Å². The van der Waals surface area contributed by atoms with Crippen LogP contribution in [0.2, 0.25) is 0 Å². The minimum Gasteiger partial charge on any atom is -0.396 e. The summed E-state index contributed by atoms with van der Waals surface area (Å²) in [5, 5.41) is 11.4. The first-order valence-corrected chi connectivity index (χ1v) is 4.62. The number of aliphatic hydroxyl groups is 1. The van der Waals surface area contributed by atoms with Gasteiger partial charge in [-0.2, -0.15) is 0 Å². The summed E-state index contributed by atoms with van der Waals surface area (Å²) >= 11 is 0. The Balaban J connectivity index is 3.72. The molecule has 13 heavy (non-hydrogen) atoms. The van der Waals surface area contributed by atoms with Crippen LogP contribution in [-0.4, -0.2) is 23.7 Å². The lowest BCUT2D eigenvalue weighted by molar-refractivity contribution is -0.117. The number of carbonyl (C=O) groups excluding carboxylic acids is 1. The molecule has 76 valence electrons. The number of hydrogen-bond acceptors (Lipinski definition) is 2. The molecule has 0 radical (unpaired) electrons. The lowest BCUT2D eigenvalue weighted by Gasteiger charge is -2.11. The van der Waals surface area contributed by atoms with Crippen LogP contribution in [-0.2, 0) is 4.79 Å². The Kier molecular flexibility index (Phi) is 6.24. The van der Waals surface area contributed by atoms with Crippen LogP contribution >= 0.6 is 0 Å². The zero-order chi connectivity index (χ0) is 10.3. The minimum atomic E-state index is -0.0505. The molecule has 0 aromatic rings. The van der Waals surface area contributed by atoms with Crippen molar-refractivity contribution in [3.63, 3.8) is 0 Å². The van der Waals surface area contributed by atoms with Gasteiger partial charge in [0.05, 0.1) is 0 Å². The summed E-state index contributed by atoms with van der Waals surface area (Å²) in [6, 6.07) is 0.134. The molecule has 0 aliphatic heterocycles. The number of hydrogen-bond donors (Lipinski definition) is 2. The number of amides is 1. The number of allylic oxidation sites excluding steroid dienone is 1. The van der Waals surface area contributed by atoms with E-state index in [-0.39, 0.29) is 18.6 Å². The molecular weight excluding hydrogens is 166 g/mol. The van der Waals surface area contributed by atoms with Crippen molar-refractivity contribution in [2.45, 2.75) is 39.7 Å². The molecule has 3 nitrogen and oxygen atoms in total. The molecule has 1 unspecified atom stereocenters. The first kappa shape index (κ1) is 12.2. The number of aliphatic hydroxyl groups excluding tert-OH is 1. The Morgan fingerprint density at radius 3 is 2.62 bits per heavy atom. The summed E-state index contributed by atoms with van der Waals surface area (Å²) < 4.78 is 0. The highest BCUT2D eigenvalue weighted by Gasteiger charge is 2.03. The van der Waals surface area contributed by atoms with Crippen molar-refractivity contribution >= 4 is 5.91 Å². The van der Waals surface area contributed by atoms with Crippen molar-refractivity contribution in [1.29, 1.82) is 0 Å². The van der Waals surface area contributed by atoms with Gasteiger partial charge in [-0.15, -0.1) is 0 Å². The predicted octanol–water partition coefficient (Wildman–Crippen LogP) is 1.23. The number of nitrogens with one attached hydrogen (secondary N) is 1. The van der Waals surface area contributed by atoms with E-state index in [4.69, 9.17) is 5.11 Å². The van der Waals surface area contributed by atoms with E-state index in [1.165, 1.54) is 0 Å². The number of carbonyl (C=O) groups is 1. The maximum Gasteiger partial charge on any atom is 0.244 e. The quantitative estimate of drug-likeness (QED) is 0.633. The van der Waals surface area contributed by atoms with E-state index < -0.39 is 0 Å². The normalized spacial score (nSPS) is 12.0. The van der Waals surface area contributed by atoms with Crippen LogP contribution in [0.5, 0.6) is 0 Å². The molecule has 0 saturated heterocycles. The van der Waals surface area contributed by atoms with Crippen LogP contribution in [0, 0.1) is 0 Å². The van der Waals surface area contributed by atoms with Crippen molar-refractivity contribution in [2.24, 2.45) is 0 Å². The van der Waals surface area contributed by atoms with Gasteiger partial charge in [0.15, 0.2) is 0 Å². The lowest BCUT2D eigenvalue weighted by atomic mass is 10.2. The molecule has 0 saturated carbocycles. The van der Waals surface area contributed by atoms with Gasteiger partial charge in [-0.05, 0) is 33.6 Å². The van der Waals surface area contributed by atoms with Gasteiger partial charge in [-0.1, -0.05) is 5.57 Å². The smallest absolute Gasteiger partial charge is 0.244 e. The molecule has 0 aliphatic rings. The zero-order valence-electron chi connectivity index (χ0n) is 8.63. The van der Waals surface area contributed by atoms with Gasteiger partial charge in [0.1, 0.15) is 0 Å². The SMILES string of the molecule is CC(C)=CC(=O)NC(C)CCCO. The van der Waals surface area contributed by atoms with Crippen LogP contribution in [0.15, 0.2) is 11.6 Å². The van der Waals surface area contributed by atoms with Crippen molar-refractivity contribution in [1.82, 2.24) is 5.32 Å². The van der Waals surface area contributed by atoms with E-state index in [1.54, 1.807) is 6.08 Å². The maximum absolute atomic E-state index is 11.2. The van der Waals surface area contributed by atoms with Crippen molar-refractivity contribution in [3.05, 3.63) is 11.6 Å². The van der Waals surface area contributed by atoms with E-state index in [1.807, 2.05) is 20.8 Å². The van der Waals surface area contributed by atoms with Crippen molar-refractivity contribution < 1.29 is 9.90 Å². The summed E-state index contributed by atoms with van der Waals surface area (Å²) in [5.74, 6) is -0.0505. The predicted molar refractivity (Wildman–Crippen MR) is 53.4 cm³/mol. The Bertz CT molecular complexity index is 183. The fourth-order valence-electron chi connectivity index (χ4n) is 1.02. The molecule has 0 aromatic heterocycles. The van der Waals surface area contributed by atoms with Crippen LogP contribution in [0.4, 0.5) is 0 Å². The molecule has 3 heteroatoms. The van der Waals surface area contributed by atoms with Gasteiger partial charge >= 0.3 is 0 Å².